The van der Waals surface area contributed by atoms with Gasteiger partial charge in [-0.05, 0) is 36.8 Å². The third-order valence-corrected chi connectivity index (χ3v) is 4.21. The number of nitrogens with one attached hydrogen (secondary N) is 1. The van der Waals surface area contributed by atoms with Gasteiger partial charge in [0, 0.05) is 13.1 Å². The van der Waals surface area contributed by atoms with Crippen LogP contribution in [-0.4, -0.2) is 42.5 Å². The van der Waals surface area contributed by atoms with Crippen molar-refractivity contribution in [1.82, 2.24) is 10.2 Å². The summed E-state index contributed by atoms with van der Waals surface area (Å²) in [5.74, 6) is 0.181. The quantitative estimate of drug-likeness (QED) is 0.844. The summed E-state index contributed by atoms with van der Waals surface area (Å²) in [6.45, 7) is 2.44. The highest BCUT2D eigenvalue weighted by Gasteiger charge is 2.31. The van der Waals surface area contributed by atoms with Crippen LogP contribution in [0.3, 0.4) is 0 Å². The third kappa shape index (κ3) is 4.75. The Hall–Kier alpha value is -3.09. The number of hydrogen-bond acceptors (Lipinski definition) is 4. The van der Waals surface area contributed by atoms with Crippen molar-refractivity contribution in [2.45, 2.75) is 19.6 Å². The highest BCUT2D eigenvalue weighted by Crippen LogP contribution is 2.31. The summed E-state index contributed by atoms with van der Waals surface area (Å²) in [5, 5.41) is 2.73. The maximum absolute atomic E-state index is 12.9. The summed E-state index contributed by atoms with van der Waals surface area (Å²) in [4.78, 5) is 26.3. The van der Waals surface area contributed by atoms with Crippen molar-refractivity contribution in [3.63, 3.8) is 0 Å². The molecule has 2 aromatic carbocycles. The monoisotopic (exact) mass is 372 g/mol. The first-order chi connectivity index (χ1) is 13.1. The molecule has 27 heavy (non-hydrogen) atoms. The van der Waals surface area contributed by atoms with Gasteiger partial charge in [0.15, 0.2) is 11.5 Å². The number of carbonyl (C=O) groups excluding carboxylic acids is 2. The van der Waals surface area contributed by atoms with E-state index in [1.807, 2.05) is 6.07 Å². The highest BCUT2D eigenvalue weighted by atomic mass is 19.1. The molecule has 7 heteroatoms. The van der Waals surface area contributed by atoms with Crippen LogP contribution in [0.4, 0.5) is 4.39 Å². The van der Waals surface area contributed by atoms with Crippen LogP contribution in [0.2, 0.25) is 0 Å². The van der Waals surface area contributed by atoms with E-state index >= 15 is 0 Å². The lowest BCUT2D eigenvalue weighted by molar-refractivity contribution is -0.144. The van der Waals surface area contributed by atoms with Crippen molar-refractivity contribution < 1.29 is 23.5 Å². The Morgan fingerprint density at radius 2 is 1.85 bits per heavy atom. The van der Waals surface area contributed by atoms with Gasteiger partial charge in [-0.3, -0.25) is 9.59 Å². The Labute approximate surface area is 156 Å². The fourth-order valence-electron chi connectivity index (χ4n) is 2.72. The number of nitrogens with zero attached hydrogens (tertiary/aromatic N) is 1. The van der Waals surface area contributed by atoms with E-state index in [1.165, 1.54) is 17.0 Å². The Morgan fingerprint density at radius 3 is 2.56 bits per heavy atom. The van der Waals surface area contributed by atoms with E-state index in [2.05, 4.69) is 5.32 Å². The van der Waals surface area contributed by atoms with Gasteiger partial charge in [0.05, 0.1) is 6.54 Å². The Kier molecular flexibility index (Phi) is 5.90. The summed E-state index contributed by atoms with van der Waals surface area (Å²) in [5.41, 5.74) is 0.778. The molecule has 142 valence electrons. The average Bonchev–Trinajstić information content (AvgIpc) is 2.70. The second-order valence-corrected chi connectivity index (χ2v) is 6.12. The number of ether oxygens (including phenoxy) is 2. The molecule has 1 N–H and O–H groups in total. The number of halogens is 1. The molecule has 1 heterocycles. The molecule has 1 aliphatic rings. The molecule has 2 aromatic rings. The minimum absolute atomic E-state index is 0.0853. The lowest BCUT2D eigenvalue weighted by Gasteiger charge is -2.29. The van der Waals surface area contributed by atoms with Gasteiger partial charge >= 0.3 is 0 Å². The predicted octanol–water partition coefficient (Wildman–Crippen LogP) is 2.13. The normalized spacial score (nSPS) is 15.1. The molecule has 0 spiro atoms. The van der Waals surface area contributed by atoms with Crippen molar-refractivity contribution >= 4 is 11.8 Å². The van der Waals surface area contributed by atoms with Gasteiger partial charge in [0.25, 0.3) is 5.91 Å². The summed E-state index contributed by atoms with van der Waals surface area (Å²) >= 11 is 0. The number of hydrogen-bond donors (Lipinski definition) is 1. The molecule has 0 radical (unpaired) electrons. The molecular weight excluding hydrogens is 351 g/mol. The van der Waals surface area contributed by atoms with Crippen LogP contribution in [0.25, 0.3) is 0 Å². The lowest BCUT2D eigenvalue weighted by atomic mass is 10.2. The number of benzene rings is 2. The van der Waals surface area contributed by atoms with Gasteiger partial charge in [-0.25, -0.2) is 4.39 Å². The van der Waals surface area contributed by atoms with Gasteiger partial charge in [-0.1, -0.05) is 24.3 Å². The number of carbonyl (C=O) groups is 2. The van der Waals surface area contributed by atoms with Gasteiger partial charge in [0.2, 0.25) is 12.0 Å². The molecule has 0 aromatic heterocycles. The molecule has 6 nitrogen and oxygen atoms in total. The van der Waals surface area contributed by atoms with Crippen LogP contribution >= 0.6 is 0 Å². The molecule has 2 amide bonds. The lowest BCUT2D eigenvalue weighted by Crippen LogP contribution is -2.49. The zero-order chi connectivity index (χ0) is 19.2. The van der Waals surface area contributed by atoms with E-state index in [0.717, 1.165) is 5.56 Å². The van der Waals surface area contributed by atoms with Crippen LogP contribution in [0.1, 0.15) is 12.5 Å². The smallest absolute Gasteiger partial charge is 0.267 e. The minimum Gasteiger partial charge on any atom is -0.485 e. The van der Waals surface area contributed by atoms with Gasteiger partial charge in [-0.15, -0.1) is 0 Å². The molecule has 0 saturated heterocycles. The average molecular weight is 372 g/mol. The second kappa shape index (κ2) is 8.53. The fraction of sp³-hybridized carbons (Fsp3) is 0.300. The number of fused-ring (bicyclic) bond motifs is 1. The van der Waals surface area contributed by atoms with Crippen LogP contribution < -0.4 is 14.8 Å². The number of likely N-dealkylation sites (N-methyl/N-ethyl adjacent to an activating group) is 1. The third-order valence-electron chi connectivity index (χ3n) is 4.21. The summed E-state index contributed by atoms with van der Waals surface area (Å²) < 4.78 is 24.2. The highest BCUT2D eigenvalue weighted by molar-refractivity contribution is 5.87. The Balaban J connectivity index is 1.54. The van der Waals surface area contributed by atoms with Gasteiger partial charge in [0.1, 0.15) is 12.4 Å². The van der Waals surface area contributed by atoms with Crippen molar-refractivity contribution in [3.8, 4) is 11.5 Å². The molecule has 1 aliphatic heterocycles. The van der Waals surface area contributed by atoms with Crippen LogP contribution in [0.15, 0.2) is 48.5 Å². The number of amides is 2. The fourth-order valence-corrected chi connectivity index (χ4v) is 2.72. The topological polar surface area (TPSA) is 67.9 Å². The van der Waals surface area contributed by atoms with Crippen LogP contribution in [0, 0.1) is 5.82 Å². The van der Waals surface area contributed by atoms with Gasteiger partial charge in [-0.2, -0.15) is 0 Å². The molecular formula is C20H21FN2O4. The van der Waals surface area contributed by atoms with Crippen LogP contribution in [0.5, 0.6) is 11.5 Å². The first-order valence-corrected chi connectivity index (χ1v) is 8.75. The Bertz CT molecular complexity index is 810. The number of rotatable bonds is 6. The van der Waals surface area contributed by atoms with Gasteiger partial charge < -0.3 is 19.7 Å². The first kappa shape index (κ1) is 18.7. The minimum atomic E-state index is -0.787. The van der Waals surface area contributed by atoms with Crippen molar-refractivity contribution in [2.24, 2.45) is 0 Å². The predicted molar refractivity (Wildman–Crippen MR) is 96.9 cm³/mol. The second-order valence-electron chi connectivity index (χ2n) is 6.12. The standard InChI is InChI=1S/C20H21FN2O4/c1-2-23(12-19(24)22-11-14-7-9-15(21)10-8-14)20(25)18-13-26-16-5-3-4-6-17(16)27-18/h3-10,18H,2,11-13H2,1H3,(H,22,24)/t18-/m1/s1. The zero-order valence-corrected chi connectivity index (χ0v) is 15.0. The van der Waals surface area contributed by atoms with Crippen LogP contribution in [-0.2, 0) is 16.1 Å². The maximum Gasteiger partial charge on any atom is 0.267 e. The molecule has 0 saturated carbocycles. The zero-order valence-electron chi connectivity index (χ0n) is 15.0. The first-order valence-electron chi connectivity index (χ1n) is 8.75. The maximum atomic E-state index is 12.9. The van der Waals surface area contributed by atoms with Crippen molar-refractivity contribution in [1.29, 1.82) is 0 Å². The van der Waals surface area contributed by atoms with Crippen molar-refractivity contribution in [2.75, 3.05) is 19.7 Å². The summed E-state index contributed by atoms with van der Waals surface area (Å²) in [7, 11) is 0. The van der Waals surface area contributed by atoms with E-state index in [4.69, 9.17) is 9.47 Å². The molecule has 3 rings (SSSR count). The molecule has 0 unspecified atom stereocenters. The number of para-hydroxylation sites is 2. The Morgan fingerprint density at radius 1 is 1.15 bits per heavy atom. The van der Waals surface area contributed by atoms with E-state index in [1.54, 1.807) is 37.3 Å². The van der Waals surface area contributed by atoms with E-state index in [-0.39, 0.29) is 37.3 Å². The van der Waals surface area contributed by atoms with Crippen molar-refractivity contribution in [3.05, 3.63) is 59.9 Å². The van der Waals surface area contributed by atoms with E-state index in [0.29, 0.717) is 18.0 Å². The SMILES string of the molecule is CCN(CC(=O)NCc1ccc(F)cc1)C(=O)[C@H]1COc2ccccc2O1. The summed E-state index contributed by atoms with van der Waals surface area (Å²) in [6, 6.07) is 13.0. The summed E-state index contributed by atoms with van der Waals surface area (Å²) in [6.07, 6.45) is -0.787. The largest absolute Gasteiger partial charge is 0.485 e. The molecule has 0 fully saturated rings. The van der Waals surface area contributed by atoms with E-state index < -0.39 is 6.10 Å². The van der Waals surface area contributed by atoms with E-state index in [9.17, 15) is 14.0 Å². The molecule has 0 aliphatic carbocycles. The molecule has 1 atom stereocenters. The molecule has 0 bridgehead atoms.